The summed E-state index contributed by atoms with van der Waals surface area (Å²) in [4.78, 5) is 13.4. The van der Waals surface area contributed by atoms with Gasteiger partial charge in [0, 0.05) is 0 Å². The normalized spacial score (nSPS) is 22.4. The van der Waals surface area contributed by atoms with Crippen LogP contribution >= 0.6 is 0 Å². The van der Waals surface area contributed by atoms with Crippen LogP contribution in [0, 0.1) is 0 Å². The molecular weight excluding hydrogens is 206 g/mol. The van der Waals surface area contributed by atoms with Crippen molar-refractivity contribution in [1.29, 1.82) is 0 Å². The Balaban J connectivity index is 2.05. The van der Waals surface area contributed by atoms with Crippen molar-refractivity contribution in [2.24, 2.45) is 0 Å². The standard InChI is InChI=1S/C12H13NO3/c1-15-10-4-5-11-8(6-10)2-3-9-7-16-12(14)13(9)11/h4-6,9H,2-3,7H2,1H3/t9-/m1/s1. The van der Waals surface area contributed by atoms with Gasteiger partial charge < -0.3 is 9.47 Å². The highest BCUT2D eigenvalue weighted by Gasteiger charge is 2.37. The summed E-state index contributed by atoms with van der Waals surface area (Å²) in [6.45, 7) is 0.518. The van der Waals surface area contributed by atoms with Crippen LogP contribution in [0.2, 0.25) is 0 Å². The molecule has 2 aliphatic rings. The van der Waals surface area contributed by atoms with Crippen molar-refractivity contribution in [3.63, 3.8) is 0 Å². The van der Waals surface area contributed by atoms with Gasteiger partial charge in [0.25, 0.3) is 0 Å². The summed E-state index contributed by atoms with van der Waals surface area (Å²) in [7, 11) is 1.65. The van der Waals surface area contributed by atoms with E-state index in [1.165, 1.54) is 0 Å². The van der Waals surface area contributed by atoms with Gasteiger partial charge in [-0.3, -0.25) is 4.90 Å². The van der Waals surface area contributed by atoms with Gasteiger partial charge in [0.2, 0.25) is 0 Å². The molecule has 0 bridgehead atoms. The first-order valence-corrected chi connectivity index (χ1v) is 5.42. The monoisotopic (exact) mass is 219 g/mol. The summed E-state index contributed by atoms with van der Waals surface area (Å²) in [5, 5.41) is 0. The summed E-state index contributed by atoms with van der Waals surface area (Å²) in [5.41, 5.74) is 2.13. The van der Waals surface area contributed by atoms with Gasteiger partial charge in [0.15, 0.2) is 0 Å². The Morgan fingerprint density at radius 2 is 2.38 bits per heavy atom. The molecule has 4 nitrogen and oxygen atoms in total. The molecule has 2 aliphatic heterocycles. The molecular formula is C12H13NO3. The van der Waals surface area contributed by atoms with Crippen LogP contribution in [0.1, 0.15) is 12.0 Å². The molecule has 0 aliphatic carbocycles. The number of aryl methyl sites for hydroxylation is 1. The predicted molar refractivity (Wildman–Crippen MR) is 58.9 cm³/mol. The average molecular weight is 219 g/mol. The third-order valence-corrected chi connectivity index (χ3v) is 3.25. The van der Waals surface area contributed by atoms with Crippen LogP contribution in [-0.2, 0) is 11.2 Å². The lowest BCUT2D eigenvalue weighted by Gasteiger charge is -2.29. The number of cyclic esters (lactones) is 1. The fourth-order valence-corrected chi connectivity index (χ4v) is 2.41. The van der Waals surface area contributed by atoms with Crippen molar-refractivity contribution in [3.8, 4) is 5.75 Å². The molecule has 1 aromatic carbocycles. The number of methoxy groups -OCH3 is 1. The third kappa shape index (κ3) is 1.26. The highest BCUT2D eigenvalue weighted by Crippen LogP contribution is 2.36. The fraction of sp³-hybridized carbons (Fsp3) is 0.417. The molecule has 84 valence electrons. The van der Waals surface area contributed by atoms with E-state index in [4.69, 9.17) is 9.47 Å². The van der Waals surface area contributed by atoms with Crippen LogP contribution in [0.4, 0.5) is 10.5 Å². The number of carbonyl (C=O) groups is 1. The minimum absolute atomic E-state index is 0.216. The molecule has 1 aromatic rings. The van der Waals surface area contributed by atoms with E-state index in [0.717, 1.165) is 29.8 Å². The Labute approximate surface area is 93.8 Å². The maximum atomic E-state index is 11.6. The van der Waals surface area contributed by atoms with Crippen LogP contribution in [0.3, 0.4) is 0 Å². The zero-order valence-corrected chi connectivity index (χ0v) is 9.10. The maximum absolute atomic E-state index is 11.6. The van der Waals surface area contributed by atoms with E-state index in [0.29, 0.717) is 6.61 Å². The minimum atomic E-state index is -0.226. The first-order chi connectivity index (χ1) is 7.79. The Morgan fingerprint density at radius 3 is 3.19 bits per heavy atom. The number of ether oxygens (including phenoxy) is 2. The van der Waals surface area contributed by atoms with Crippen molar-refractivity contribution in [1.82, 2.24) is 0 Å². The van der Waals surface area contributed by atoms with E-state index in [1.807, 2.05) is 18.2 Å². The average Bonchev–Trinajstić information content (AvgIpc) is 2.70. The Bertz CT molecular complexity index is 444. The third-order valence-electron chi connectivity index (χ3n) is 3.25. The lowest BCUT2D eigenvalue weighted by atomic mass is 9.97. The predicted octanol–water partition coefficient (Wildman–Crippen LogP) is 1.97. The topological polar surface area (TPSA) is 38.8 Å². The minimum Gasteiger partial charge on any atom is -0.497 e. The lowest BCUT2D eigenvalue weighted by molar-refractivity contribution is 0.178. The second-order valence-electron chi connectivity index (χ2n) is 4.13. The van der Waals surface area contributed by atoms with E-state index in [1.54, 1.807) is 12.0 Å². The Morgan fingerprint density at radius 1 is 1.50 bits per heavy atom. The number of nitrogens with zero attached hydrogens (tertiary/aromatic N) is 1. The number of fused-ring (bicyclic) bond motifs is 3. The van der Waals surface area contributed by atoms with Gasteiger partial charge >= 0.3 is 6.09 Å². The summed E-state index contributed by atoms with van der Waals surface area (Å²) >= 11 is 0. The first kappa shape index (κ1) is 9.51. The second kappa shape index (κ2) is 3.40. The van der Waals surface area contributed by atoms with E-state index in [2.05, 4.69) is 0 Å². The molecule has 0 saturated carbocycles. The molecule has 0 spiro atoms. The number of amides is 1. The van der Waals surface area contributed by atoms with Gasteiger partial charge in [-0.2, -0.15) is 0 Å². The van der Waals surface area contributed by atoms with E-state index in [9.17, 15) is 4.79 Å². The molecule has 4 heteroatoms. The number of benzene rings is 1. The highest BCUT2D eigenvalue weighted by atomic mass is 16.6. The quantitative estimate of drug-likeness (QED) is 0.724. The number of hydrogen-bond acceptors (Lipinski definition) is 3. The van der Waals surface area contributed by atoms with Gasteiger partial charge in [0.05, 0.1) is 18.8 Å². The maximum Gasteiger partial charge on any atom is 0.414 e. The number of anilines is 1. The highest BCUT2D eigenvalue weighted by molar-refractivity contribution is 5.92. The van der Waals surface area contributed by atoms with Gasteiger partial charge in [-0.05, 0) is 36.6 Å². The van der Waals surface area contributed by atoms with Gasteiger partial charge in [-0.25, -0.2) is 4.79 Å². The largest absolute Gasteiger partial charge is 0.497 e. The molecule has 3 rings (SSSR count). The van der Waals surface area contributed by atoms with Crippen LogP contribution in [0.15, 0.2) is 18.2 Å². The number of carbonyl (C=O) groups excluding carboxylic acids is 1. The summed E-state index contributed by atoms with van der Waals surface area (Å²) in [6.07, 6.45) is 1.71. The van der Waals surface area contributed by atoms with Crippen LogP contribution < -0.4 is 9.64 Å². The fourth-order valence-electron chi connectivity index (χ4n) is 2.41. The van der Waals surface area contributed by atoms with Crippen molar-refractivity contribution >= 4 is 11.8 Å². The summed E-state index contributed by atoms with van der Waals surface area (Å²) in [6, 6.07) is 6.03. The first-order valence-electron chi connectivity index (χ1n) is 5.42. The summed E-state index contributed by atoms with van der Waals surface area (Å²) < 4.78 is 10.3. The SMILES string of the molecule is COc1ccc2c(c1)CC[C@@H]1COC(=O)N21. The molecule has 16 heavy (non-hydrogen) atoms. The molecule has 0 unspecified atom stereocenters. The molecule has 2 heterocycles. The zero-order valence-electron chi connectivity index (χ0n) is 9.10. The van der Waals surface area contributed by atoms with Crippen LogP contribution in [-0.4, -0.2) is 25.9 Å². The zero-order chi connectivity index (χ0) is 11.1. The molecule has 0 N–H and O–H groups in total. The van der Waals surface area contributed by atoms with Gasteiger partial charge in [0.1, 0.15) is 12.4 Å². The van der Waals surface area contributed by atoms with E-state index in [-0.39, 0.29) is 12.1 Å². The van der Waals surface area contributed by atoms with Crippen molar-refractivity contribution in [2.45, 2.75) is 18.9 Å². The van der Waals surface area contributed by atoms with Crippen molar-refractivity contribution in [3.05, 3.63) is 23.8 Å². The molecule has 1 atom stereocenters. The van der Waals surface area contributed by atoms with Crippen molar-refractivity contribution in [2.75, 3.05) is 18.6 Å². The molecule has 1 saturated heterocycles. The molecule has 0 aromatic heterocycles. The van der Waals surface area contributed by atoms with Crippen molar-refractivity contribution < 1.29 is 14.3 Å². The Kier molecular flexibility index (Phi) is 2.02. The summed E-state index contributed by atoms with van der Waals surface area (Å²) in [5.74, 6) is 0.838. The number of hydrogen-bond donors (Lipinski definition) is 0. The van der Waals surface area contributed by atoms with Gasteiger partial charge in [-0.1, -0.05) is 0 Å². The molecule has 1 amide bonds. The van der Waals surface area contributed by atoms with E-state index >= 15 is 0 Å². The Hall–Kier alpha value is -1.71. The number of rotatable bonds is 1. The van der Waals surface area contributed by atoms with Crippen LogP contribution in [0.25, 0.3) is 0 Å². The van der Waals surface area contributed by atoms with Crippen LogP contribution in [0.5, 0.6) is 5.75 Å². The van der Waals surface area contributed by atoms with E-state index < -0.39 is 0 Å². The smallest absolute Gasteiger partial charge is 0.414 e. The second-order valence-corrected chi connectivity index (χ2v) is 4.13. The molecule has 0 radical (unpaired) electrons. The molecule has 1 fully saturated rings. The lowest BCUT2D eigenvalue weighted by Crippen LogP contribution is -2.37. The van der Waals surface area contributed by atoms with Gasteiger partial charge in [-0.15, -0.1) is 0 Å².